The molecule has 23 heavy (non-hydrogen) atoms. The summed E-state index contributed by atoms with van der Waals surface area (Å²) in [6, 6.07) is 5.82. The van der Waals surface area contributed by atoms with Crippen molar-refractivity contribution < 1.29 is 23.8 Å². The Balaban J connectivity index is 2.39. The van der Waals surface area contributed by atoms with E-state index >= 15 is 0 Å². The van der Waals surface area contributed by atoms with Crippen LogP contribution in [0.3, 0.4) is 0 Å². The van der Waals surface area contributed by atoms with Gasteiger partial charge < -0.3 is 15.2 Å². The number of benzene rings is 1. The van der Waals surface area contributed by atoms with Crippen LogP contribution in [0.15, 0.2) is 24.3 Å². The third kappa shape index (κ3) is 6.67. The third-order valence-electron chi connectivity index (χ3n) is 3.86. The first-order valence-corrected chi connectivity index (χ1v) is 7.82. The van der Waals surface area contributed by atoms with E-state index in [9.17, 15) is 14.0 Å². The van der Waals surface area contributed by atoms with E-state index in [4.69, 9.17) is 9.84 Å². The minimum Gasteiger partial charge on any atom is -0.493 e. The van der Waals surface area contributed by atoms with Gasteiger partial charge in [-0.15, -0.1) is 0 Å². The first kappa shape index (κ1) is 18.9. The van der Waals surface area contributed by atoms with Crippen molar-refractivity contribution in [2.45, 2.75) is 51.5 Å². The quantitative estimate of drug-likeness (QED) is 0.648. The minimum absolute atomic E-state index is 0.0917. The van der Waals surface area contributed by atoms with E-state index in [2.05, 4.69) is 5.32 Å². The van der Waals surface area contributed by atoms with Crippen molar-refractivity contribution in [3.05, 3.63) is 30.1 Å². The predicted molar refractivity (Wildman–Crippen MR) is 84.8 cm³/mol. The number of hydrogen-bond donors (Lipinski definition) is 2. The minimum atomic E-state index is -0.927. The van der Waals surface area contributed by atoms with Crippen molar-refractivity contribution in [1.82, 2.24) is 5.32 Å². The van der Waals surface area contributed by atoms with Crippen LogP contribution in [0.2, 0.25) is 0 Å². The lowest BCUT2D eigenvalue weighted by atomic mass is 9.88. The lowest BCUT2D eigenvalue weighted by Gasteiger charge is -2.31. The summed E-state index contributed by atoms with van der Waals surface area (Å²) in [5.74, 6) is -1.07. The Labute approximate surface area is 135 Å². The maximum atomic E-state index is 13.0. The van der Waals surface area contributed by atoms with Crippen LogP contribution >= 0.6 is 0 Å². The van der Waals surface area contributed by atoms with Crippen LogP contribution < -0.4 is 10.1 Å². The first-order valence-electron chi connectivity index (χ1n) is 7.82. The second-order valence-corrected chi connectivity index (χ2v) is 5.52. The smallest absolute Gasteiger partial charge is 0.305 e. The van der Waals surface area contributed by atoms with Crippen molar-refractivity contribution in [2.24, 2.45) is 0 Å². The van der Waals surface area contributed by atoms with Gasteiger partial charge in [0.1, 0.15) is 11.6 Å². The molecule has 6 heteroatoms. The summed E-state index contributed by atoms with van der Waals surface area (Å²) >= 11 is 0. The van der Waals surface area contributed by atoms with E-state index in [1.54, 1.807) is 12.1 Å². The Hall–Kier alpha value is -2.11. The van der Waals surface area contributed by atoms with Gasteiger partial charge in [-0.2, -0.15) is 0 Å². The molecule has 0 aliphatic carbocycles. The zero-order chi connectivity index (χ0) is 17.3. The summed E-state index contributed by atoms with van der Waals surface area (Å²) in [6.07, 6.45) is 1.73. The topological polar surface area (TPSA) is 75.6 Å². The summed E-state index contributed by atoms with van der Waals surface area (Å²) in [4.78, 5) is 23.0. The van der Waals surface area contributed by atoms with E-state index in [0.29, 0.717) is 31.6 Å². The van der Waals surface area contributed by atoms with Gasteiger partial charge in [0.2, 0.25) is 5.91 Å². The van der Waals surface area contributed by atoms with Crippen LogP contribution in [0.4, 0.5) is 4.39 Å². The Morgan fingerprint density at radius 2 is 2.00 bits per heavy atom. The van der Waals surface area contributed by atoms with Gasteiger partial charge in [-0.25, -0.2) is 4.39 Å². The van der Waals surface area contributed by atoms with Crippen LogP contribution in [0.1, 0.15) is 46.0 Å². The molecule has 0 bridgehead atoms. The maximum absolute atomic E-state index is 13.0. The highest BCUT2D eigenvalue weighted by atomic mass is 19.1. The molecule has 0 aromatic heterocycles. The molecule has 0 fully saturated rings. The van der Waals surface area contributed by atoms with Crippen molar-refractivity contribution in [2.75, 3.05) is 6.61 Å². The summed E-state index contributed by atoms with van der Waals surface area (Å²) in [5, 5.41) is 11.8. The van der Waals surface area contributed by atoms with E-state index < -0.39 is 11.5 Å². The Bertz CT molecular complexity index is 529. The molecule has 0 saturated carbocycles. The lowest BCUT2D eigenvalue weighted by molar-refractivity contribution is -0.139. The molecule has 1 aromatic rings. The normalized spacial score (nSPS) is 11.1. The van der Waals surface area contributed by atoms with E-state index in [-0.39, 0.29) is 24.6 Å². The van der Waals surface area contributed by atoms with Crippen LogP contribution in [0.5, 0.6) is 5.75 Å². The van der Waals surface area contributed by atoms with E-state index in [0.717, 1.165) is 0 Å². The van der Waals surface area contributed by atoms with Gasteiger partial charge in [0.05, 0.1) is 13.0 Å². The molecule has 0 aliphatic rings. The number of carbonyl (C=O) groups is 2. The van der Waals surface area contributed by atoms with Gasteiger partial charge in [0.25, 0.3) is 0 Å². The summed E-state index contributed by atoms with van der Waals surface area (Å²) < 4.78 is 18.4. The largest absolute Gasteiger partial charge is 0.493 e. The molecular weight excluding hydrogens is 301 g/mol. The standard InChI is InChI=1S/C17H24FNO4/c1-3-17(4-2,12-16(21)22)19-15(20)9-6-10-23-14-8-5-7-13(18)11-14/h5,7-8,11H,3-4,6,9-10,12H2,1-2H3,(H,19,20)(H,21,22). The van der Waals surface area contributed by atoms with Crippen molar-refractivity contribution in [1.29, 1.82) is 0 Å². The number of rotatable bonds is 10. The molecule has 0 spiro atoms. The SMILES string of the molecule is CCC(CC)(CC(=O)O)NC(=O)CCCOc1cccc(F)c1. The van der Waals surface area contributed by atoms with Gasteiger partial charge >= 0.3 is 5.97 Å². The van der Waals surface area contributed by atoms with Crippen LogP contribution in [-0.2, 0) is 9.59 Å². The molecular formula is C17H24FNO4. The number of ether oxygens (including phenoxy) is 1. The molecule has 0 saturated heterocycles. The molecule has 0 unspecified atom stereocenters. The zero-order valence-electron chi connectivity index (χ0n) is 13.6. The first-order chi connectivity index (χ1) is 10.9. The molecule has 0 heterocycles. The Kier molecular flexibility index (Phi) is 7.51. The van der Waals surface area contributed by atoms with Gasteiger partial charge in [-0.3, -0.25) is 9.59 Å². The zero-order valence-corrected chi connectivity index (χ0v) is 13.6. The lowest BCUT2D eigenvalue weighted by Crippen LogP contribution is -2.49. The summed E-state index contributed by atoms with van der Waals surface area (Å²) in [5.41, 5.74) is -0.702. The second kappa shape index (κ2) is 9.12. The molecule has 1 amide bonds. The number of hydrogen-bond acceptors (Lipinski definition) is 3. The highest BCUT2D eigenvalue weighted by molar-refractivity contribution is 5.78. The molecule has 1 rings (SSSR count). The van der Waals surface area contributed by atoms with Crippen LogP contribution in [-0.4, -0.2) is 29.1 Å². The third-order valence-corrected chi connectivity index (χ3v) is 3.86. The van der Waals surface area contributed by atoms with Crippen molar-refractivity contribution in [3.63, 3.8) is 0 Å². The Morgan fingerprint density at radius 3 is 2.57 bits per heavy atom. The fourth-order valence-corrected chi connectivity index (χ4v) is 2.35. The molecule has 2 N–H and O–H groups in total. The molecule has 128 valence electrons. The number of carbonyl (C=O) groups excluding carboxylic acids is 1. The molecule has 0 radical (unpaired) electrons. The number of amides is 1. The molecule has 0 aliphatic heterocycles. The summed E-state index contributed by atoms with van der Waals surface area (Å²) in [7, 11) is 0. The average Bonchev–Trinajstić information content (AvgIpc) is 2.50. The molecule has 0 atom stereocenters. The average molecular weight is 325 g/mol. The molecule has 5 nitrogen and oxygen atoms in total. The van der Waals surface area contributed by atoms with Crippen LogP contribution in [0, 0.1) is 5.82 Å². The fourth-order valence-electron chi connectivity index (χ4n) is 2.35. The van der Waals surface area contributed by atoms with Crippen LogP contribution in [0.25, 0.3) is 0 Å². The highest BCUT2D eigenvalue weighted by Gasteiger charge is 2.30. The second-order valence-electron chi connectivity index (χ2n) is 5.52. The van der Waals surface area contributed by atoms with E-state index in [1.165, 1.54) is 12.1 Å². The Morgan fingerprint density at radius 1 is 1.30 bits per heavy atom. The number of carboxylic acid groups (broad SMARTS) is 1. The van der Waals surface area contributed by atoms with Gasteiger partial charge in [0, 0.05) is 18.0 Å². The number of nitrogens with one attached hydrogen (secondary N) is 1. The number of halogens is 1. The predicted octanol–water partition coefficient (Wildman–Crippen LogP) is 3.13. The molecule has 1 aromatic carbocycles. The summed E-state index contributed by atoms with van der Waals surface area (Å²) in [6.45, 7) is 4.01. The monoisotopic (exact) mass is 325 g/mol. The number of carboxylic acids is 1. The maximum Gasteiger partial charge on any atom is 0.305 e. The van der Waals surface area contributed by atoms with Crippen molar-refractivity contribution >= 4 is 11.9 Å². The highest BCUT2D eigenvalue weighted by Crippen LogP contribution is 2.20. The number of aliphatic carboxylic acids is 1. The van der Waals surface area contributed by atoms with Gasteiger partial charge in [0.15, 0.2) is 0 Å². The van der Waals surface area contributed by atoms with Crippen molar-refractivity contribution in [3.8, 4) is 5.75 Å². The van der Waals surface area contributed by atoms with Gasteiger partial charge in [-0.1, -0.05) is 19.9 Å². The van der Waals surface area contributed by atoms with E-state index in [1.807, 2.05) is 13.8 Å². The fraction of sp³-hybridized carbons (Fsp3) is 0.529. The van der Waals surface area contributed by atoms with Gasteiger partial charge in [-0.05, 0) is 31.4 Å².